The van der Waals surface area contributed by atoms with Crippen molar-refractivity contribution in [2.75, 3.05) is 0 Å². The average molecular weight is 303 g/mol. The number of rotatable bonds is 2. The summed E-state index contributed by atoms with van der Waals surface area (Å²) in [7, 11) is 0. The summed E-state index contributed by atoms with van der Waals surface area (Å²) in [6.45, 7) is 0.846. The van der Waals surface area contributed by atoms with Crippen molar-refractivity contribution < 1.29 is 5.11 Å². The van der Waals surface area contributed by atoms with Crippen LogP contribution in [-0.4, -0.2) is 33.2 Å². The molecular weight excluding hydrogens is 284 g/mol. The van der Waals surface area contributed by atoms with E-state index in [9.17, 15) is 5.11 Å². The van der Waals surface area contributed by atoms with Gasteiger partial charge in [0.2, 0.25) is 0 Å². The molecule has 0 radical (unpaired) electrons. The summed E-state index contributed by atoms with van der Waals surface area (Å²) >= 11 is 6.38. The van der Waals surface area contributed by atoms with Crippen LogP contribution in [-0.2, 0) is 6.54 Å². The van der Waals surface area contributed by atoms with Crippen molar-refractivity contribution >= 4 is 22.5 Å². The Balaban J connectivity index is 1.64. The van der Waals surface area contributed by atoms with Crippen molar-refractivity contribution in [1.29, 1.82) is 0 Å². The Kier molecular flexibility index (Phi) is 3.37. The maximum Gasteiger partial charge on any atom is 0.134 e. The number of hydrogen-bond donors (Lipinski definition) is 1. The van der Waals surface area contributed by atoms with Gasteiger partial charge in [0.15, 0.2) is 0 Å². The van der Waals surface area contributed by atoms with Crippen molar-refractivity contribution in [1.82, 2.24) is 9.88 Å². The van der Waals surface area contributed by atoms with Crippen LogP contribution in [0.2, 0.25) is 5.15 Å². The van der Waals surface area contributed by atoms with E-state index >= 15 is 0 Å². The standard InChI is InChI=1S/C17H19ClN2O/c18-17-12(7-11-3-1-2-4-16(11)19-17)10-20-13-5-6-14(20)9-15(21)8-13/h1-4,7,13-15,21H,5-6,8-10H2. The van der Waals surface area contributed by atoms with E-state index in [0.717, 1.165) is 35.9 Å². The lowest BCUT2D eigenvalue weighted by atomic mass is 9.99. The molecule has 0 saturated carbocycles. The summed E-state index contributed by atoms with van der Waals surface area (Å²) in [6.07, 6.45) is 4.06. The van der Waals surface area contributed by atoms with Crippen LogP contribution in [0.4, 0.5) is 0 Å². The predicted octanol–water partition coefficient (Wildman–Crippen LogP) is 3.38. The molecule has 2 aliphatic rings. The second kappa shape index (κ2) is 5.24. The molecular formula is C17H19ClN2O. The Labute approximate surface area is 129 Å². The zero-order chi connectivity index (χ0) is 14.4. The van der Waals surface area contributed by atoms with Crippen LogP contribution in [0.25, 0.3) is 10.9 Å². The van der Waals surface area contributed by atoms with E-state index < -0.39 is 0 Å². The summed E-state index contributed by atoms with van der Waals surface area (Å²) in [5, 5.41) is 11.7. The number of para-hydroxylation sites is 1. The summed E-state index contributed by atoms with van der Waals surface area (Å²) in [6, 6.07) is 11.3. The lowest BCUT2D eigenvalue weighted by molar-refractivity contribution is 0.0310. The highest BCUT2D eigenvalue weighted by atomic mass is 35.5. The molecule has 1 N–H and O–H groups in total. The fourth-order valence-corrected chi connectivity index (χ4v) is 4.15. The van der Waals surface area contributed by atoms with Crippen molar-refractivity contribution in [2.24, 2.45) is 0 Å². The highest BCUT2D eigenvalue weighted by Gasteiger charge is 2.40. The largest absolute Gasteiger partial charge is 0.393 e. The number of piperidine rings is 1. The first-order chi connectivity index (χ1) is 10.2. The Morgan fingerprint density at radius 1 is 1.19 bits per heavy atom. The third kappa shape index (κ3) is 2.44. The van der Waals surface area contributed by atoms with Crippen LogP contribution in [0.3, 0.4) is 0 Å². The topological polar surface area (TPSA) is 36.4 Å². The number of nitrogens with zero attached hydrogens (tertiary/aromatic N) is 2. The summed E-state index contributed by atoms with van der Waals surface area (Å²) < 4.78 is 0. The first kappa shape index (κ1) is 13.5. The fraction of sp³-hybridized carbons (Fsp3) is 0.471. The summed E-state index contributed by atoms with van der Waals surface area (Å²) in [5.41, 5.74) is 2.05. The van der Waals surface area contributed by atoms with Gasteiger partial charge in [-0.15, -0.1) is 0 Å². The Hall–Kier alpha value is -1.16. The van der Waals surface area contributed by atoms with Crippen LogP contribution in [0.5, 0.6) is 0 Å². The molecule has 0 aliphatic carbocycles. The van der Waals surface area contributed by atoms with Gasteiger partial charge in [0.25, 0.3) is 0 Å². The van der Waals surface area contributed by atoms with Gasteiger partial charge in [-0.2, -0.15) is 0 Å². The quantitative estimate of drug-likeness (QED) is 0.864. The summed E-state index contributed by atoms with van der Waals surface area (Å²) in [5.74, 6) is 0. The number of aromatic nitrogens is 1. The minimum absolute atomic E-state index is 0.121. The van der Waals surface area contributed by atoms with E-state index in [0.29, 0.717) is 17.2 Å². The second-order valence-electron chi connectivity index (χ2n) is 6.31. The monoisotopic (exact) mass is 302 g/mol. The van der Waals surface area contributed by atoms with Crippen LogP contribution >= 0.6 is 11.6 Å². The van der Waals surface area contributed by atoms with E-state index in [4.69, 9.17) is 11.6 Å². The molecule has 0 spiro atoms. The van der Waals surface area contributed by atoms with Crippen molar-refractivity contribution in [3.8, 4) is 0 Å². The highest BCUT2D eigenvalue weighted by molar-refractivity contribution is 6.30. The molecule has 21 heavy (non-hydrogen) atoms. The van der Waals surface area contributed by atoms with Gasteiger partial charge < -0.3 is 5.11 Å². The average Bonchev–Trinajstić information content (AvgIpc) is 2.70. The highest BCUT2D eigenvalue weighted by Crippen LogP contribution is 2.37. The maximum absolute atomic E-state index is 9.90. The van der Waals surface area contributed by atoms with Gasteiger partial charge >= 0.3 is 0 Å². The molecule has 2 aromatic rings. The molecule has 2 saturated heterocycles. The molecule has 2 unspecified atom stereocenters. The molecule has 3 heterocycles. The van der Waals surface area contributed by atoms with Gasteiger partial charge in [0.1, 0.15) is 5.15 Å². The number of aliphatic hydroxyl groups is 1. The number of fused-ring (bicyclic) bond motifs is 3. The van der Waals surface area contributed by atoms with Gasteiger partial charge in [0, 0.05) is 29.6 Å². The molecule has 4 heteroatoms. The lowest BCUT2D eigenvalue weighted by Crippen LogP contribution is -2.44. The number of pyridine rings is 1. The van der Waals surface area contributed by atoms with Gasteiger partial charge in [-0.1, -0.05) is 29.8 Å². The SMILES string of the molecule is OC1CC2CCC(C1)N2Cc1cc2ccccc2nc1Cl. The number of hydrogen-bond acceptors (Lipinski definition) is 3. The number of aliphatic hydroxyl groups excluding tert-OH is 1. The first-order valence-corrected chi connectivity index (χ1v) is 8.06. The minimum atomic E-state index is -0.121. The van der Waals surface area contributed by atoms with Crippen LogP contribution in [0.15, 0.2) is 30.3 Å². The van der Waals surface area contributed by atoms with E-state index in [1.165, 1.54) is 12.8 Å². The third-order valence-corrected chi connectivity index (χ3v) is 5.29. The maximum atomic E-state index is 9.90. The third-order valence-electron chi connectivity index (χ3n) is 4.96. The molecule has 2 aliphatic heterocycles. The molecule has 110 valence electrons. The van der Waals surface area contributed by atoms with Gasteiger partial charge in [-0.05, 0) is 37.8 Å². The molecule has 3 nitrogen and oxygen atoms in total. The minimum Gasteiger partial charge on any atom is -0.393 e. The van der Waals surface area contributed by atoms with E-state index in [1.807, 2.05) is 18.2 Å². The van der Waals surface area contributed by atoms with Crippen LogP contribution < -0.4 is 0 Å². The number of benzene rings is 1. The predicted molar refractivity (Wildman–Crippen MR) is 84.3 cm³/mol. The van der Waals surface area contributed by atoms with Crippen LogP contribution in [0, 0.1) is 0 Å². The summed E-state index contributed by atoms with van der Waals surface area (Å²) in [4.78, 5) is 7.03. The zero-order valence-electron chi connectivity index (χ0n) is 11.9. The van der Waals surface area contributed by atoms with Gasteiger partial charge in [-0.3, -0.25) is 4.90 Å². The van der Waals surface area contributed by atoms with Gasteiger partial charge in [-0.25, -0.2) is 4.98 Å². The first-order valence-electron chi connectivity index (χ1n) is 7.68. The molecule has 2 bridgehead atoms. The second-order valence-corrected chi connectivity index (χ2v) is 6.67. The lowest BCUT2D eigenvalue weighted by Gasteiger charge is -2.37. The molecule has 4 rings (SSSR count). The fourth-order valence-electron chi connectivity index (χ4n) is 3.95. The Morgan fingerprint density at radius 2 is 1.90 bits per heavy atom. The van der Waals surface area contributed by atoms with Crippen molar-refractivity contribution in [2.45, 2.75) is 50.4 Å². The van der Waals surface area contributed by atoms with Gasteiger partial charge in [0.05, 0.1) is 11.6 Å². The molecule has 1 aromatic carbocycles. The molecule has 1 aromatic heterocycles. The normalized spacial score (nSPS) is 29.1. The Morgan fingerprint density at radius 3 is 2.67 bits per heavy atom. The van der Waals surface area contributed by atoms with E-state index in [1.54, 1.807) is 0 Å². The zero-order valence-corrected chi connectivity index (χ0v) is 12.6. The van der Waals surface area contributed by atoms with Crippen LogP contribution in [0.1, 0.15) is 31.2 Å². The smallest absolute Gasteiger partial charge is 0.134 e. The van der Waals surface area contributed by atoms with E-state index in [2.05, 4.69) is 22.0 Å². The molecule has 0 amide bonds. The van der Waals surface area contributed by atoms with Crippen molar-refractivity contribution in [3.05, 3.63) is 41.0 Å². The Bertz CT molecular complexity index is 661. The van der Waals surface area contributed by atoms with Crippen molar-refractivity contribution in [3.63, 3.8) is 0 Å². The molecule has 2 fully saturated rings. The molecule has 2 atom stereocenters. The number of halogens is 1. The van der Waals surface area contributed by atoms with E-state index in [-0.39, 0.29) is 6.10 Å².